The van der Waals surface area contributed by atoms with E-state index in [2.05, 4.69) is 5.32 Å². The van der Waals surface area contributed by atoms with Crippen molar-refractivity contribution in [2.45, 2.75) is 6.42 Å². The highest BCUT2D eigenvalue weighted by molar-refractivity contribution is 7.92. The van der Waals surface area contributed by atoms with Crippen LogP contribution in [0.25, 0.3) is 0 Å². The first-order chi connectivity index (χ1) is 7.45. The molecular weight excluding hydrogens is 250 g/mol. The van der Waals surface area contributed by atoms with Crippen LogP contribution in [0.2, 0.25) is 0 Å². The van der Waals surface area contributed by atoms with Crippen LogP contribution < -0.4 is 5.32 Å². The highest BCUT2D eigenvalue weighted by Crippen LogP contribution is 1.91. The van der Waals surface area contributed by atoms with Crippen LogP contribution in [0.15, 0.2) is 0 Å². The van der Waals surface area contributed by atoms with E-state index in [0.29, 0.717) is 12.4 Å². The third-order valence-corrected chi connectivity index (χ3v) is 4.50. The maximum absolute atomic E-state index is 11.4. The number of sulfone groups is 1. The van der Waals surface area contributed by atoms with Crippen LogP contribution in [0.4, 0.5) is 0 Å². The van der Waals surface area contributed by atoms with E-state index < -0.39 is 20.6 Å². The molecule has 0 rings (SSSR count). The van der Waals surface area contributed by atoms with Crippen LogP contribution in [0.5, 0.6) is 0 Å². The van der Waals surface area contributed by atoms with Crippen LogP contribution in [-0.2, 0) is 25.4 Å². The van der Waals surface area contributed by atoms with Crippen molar-refractivity contribution < 1.29 is 17.4 Å². The van der Waals surface area contributed by atoms with Gasteiger partial charge in [-0.25, -0.2) is 8.42 Å². The first-order valence-electron chi connectivity index (χ1n) is 5.18. The topological polar surface area (TPSA) is 72.5 Å². The molecule has 0 saturated heterocycles. The van der Waals surface area contributed by atoms with Gasteiger partial charge in [-0.05, 0) is 13.0 Å². The SMILES string of the molecule is COCCNCCCS(=O)CCS(C)(=O)=O. The minimum atomic E-state index is -2.99. The molecule has 0 aliphatic heterocycles. The number of nitrogens with one attached hydrogen (secondary N) is 1. The van der Waals surface area contributed by atoms with Crippen molar-refractivity contribution in [3.8, 4) is 0 Å². The quantitative estimate of drug-likeness (QED) is 0.538. The molecule has 0 fully saturated rings. The summed E-state index contributed by atoms with van der Waals surface area (Å²) in [5.74, 6) is 0.809. The maximum atomic E-state index is 11.4. The Hall–Kier alpha value is 0.0200. The molecule has 98 valence electrons. The molecule has 5 nitrogen and oxygen atoms in total. The van der Waals surface area contributed by atoms with Crippen LogP contribution in [0.3, 0.4) is 0 Å². The van der Waals surface area contributed by atoms with Crippen molar-refractivity contribution in [3.05, 3.63) is 0 Å². The second kappa shape index (κ2) is 9.09. The summed E-state index contributed by atoms with van der Waals surface area (Å²) in [4.78, 5) is 0. The molecule has 0 heterocycles. The summed E-state index contributed by atoms with van der Waals surface area (Å²) in [5.41, 5.74) is 0. The molecule has 0 aliphatic carbocycles. The van der Waals surface area contributed by atoms with E-state index in [1.165, 1.54) is 0 Å². The molecule has 0 aromatic rings. The van der Waals surface area contributed by atoms with E-state index in [9.17, 15) is 12.6 Å². The lowest BCUT2D eigenvalue weighted by molar-refractivity contribution is 0.199. The van der Waals surface area contributed by atoms with Gasteiger partial charge >= 0.3 is 0 Å². The Morgan fingerprint density at radius 2 is 1.94 bits per heavy atom. The summed E-state index contributed by atoms with van der Waals surface area (Å²) in [6.45, 7) is 2.23. The third-order valence-electron chi connectivity index (χ3n) is 1.89. The molecule has 7 heteroatoms. The number of ether oxygens (including phenoxy) is 1. The van der Waals surface area contributed by atoms with Gasteiger partial charge in [0.2, 0.25) is 0 Å². The third kappa shape index (κ3) is 12.1. The Kier molecular flexibility index (Phi) is 9.10. The van der Waals surface area contributed by atoms with Gasteiger partial charge in [0.15, 0.2) is 0 Å². The molecule has 0 spiro atoms. The van der Waals surface area contributed by atoms with Crippen molar-refractivity contribution in [1.82, 2.24) is 5.32 Å². The first-order valence-corrected chi connectivity index (χ1v) is 8.73. The Morgan fingerprint density at radius 1 is 1.25 bits per heavy atom. The Balaban J connectivity index is 3.38. The van der Waals surface area contributed by atoms with Gasteiger partial charge in [0.1, 0.15) is 9.84 Å². The van der Waals surface area contributed by atoms with E-state index in [1.54, 1.807) is 7.11 Å². The Bertz CT molecular complexity index is 290. The summed E-state index contributed by atoms with van der Waals surface area (Å²) in [7, 11) is -2.37. The highest BCUT2D eigenvalue weighted by atomic mass is 32.2. The lowest BCUT2D eigenvalue weighted by Crippen LogP contribution is -2.22. The van der Waals surface area contributed by atoms with Crippen LogP contribution in [-0.4, -0.2) is 62.9 Å². The molecule has 1 atom stereocenters. The summed E-state index contributed by atoms with van der Waals surface area (Å²) in [6, 6.07) is 0. The zero-order valence-electron chi connectivity index (χ0n) is 9.90. The molecule has 0 amide bonds. The second-order valence-electron chi connectivity index (χ2n) is 3.57. The van der Waals surface area contributed by atoms with Gasteiger partial charge in [-0.15, -0.1) is 0 Å². The van der Waals surface area contributed by atoms with Gasteiger partial charge in [0.05, 0.1) is 12.4 Å². The lowest BCUT2D eigenvalue weighted by Gasteiger charge is -2.04. The molecular formula is C9H21NO4S2. The summed E-state index contributed by atoms with van der Waals surface area (Å²) < 4.78 is 37.9. The minimum Gasteiger partial charge on any atom is -0.383 e. The van der Waals surface area contributed by atoms with E-state index >= 15 is 0 Å². The lowest BCUT2D eigenvalue weighted by atomic mass is 10.5. The monoisotopic (exact) mass is 271 g/mol. The number of hydrogen-bond acceptors (Lipinski definition) is 5. The molecule has 0 aromatic carbocycles. The van der Waals surface area contributed by atoms with Gasteiger partial charge in [-0.2, -0.15) is 0 Å². The van der Waals surface area contributed by atoms with Crippen LogP contribution >= 0.6 is 0 Å². The van der Waals surface area contributed by atoms with Crippen molar-refractivity contribution >= 4 is 20.6 Å². The fraction of sp³-hybridized carbons (Fsp3) is 1.00. The van der Waals surface area contributed by atoms with E-state index in [4.69, 9.17) is 4.74 Å². The summed E-state index contributed by atoms with van der Waals surface area (Å²) in [5, 5.41) is 3.14. The number of rotatable bonds is 10. The summed E-state index contributed by atoms with van der Waals surface area (Å²) >= 11 is 0. The van der Waals surface area contributed by atoms with Crippen LogP contribution in [0.1, 0.15) is 6.42 Å². The van der Waals surface area contributed by atoms with E-state index in [1.807, 2.05) is 0 Å². The Morgan fingerprint density at radius 3 is 2.50 bits per heavy atom. The molecule has 0 aromatic heterocycles. The molecule has 0 bridgehead atoms. The first kappa shape index (κ1) is 16.0. The number of hydrogen-bond donors (Lipinski definition) is 1. The second-order valence-corrected chi connectivity index (χ2v) is 7.53. The van der Waals surface area contributed by atoms with E-state index in [-0.39, 0.29) is 11.5 Å². The molecule has 0 aliphatic rings. The average molecular weight is 271 g/mol. The van der Waals surface area contributed by atoms with Gasteiger partial charge in [0, 0.05) is 42.2 Å². The highest BCUT2D eigenvalue weighted by Gasteiger charge is 2.06. The maximum Gasteiger partial charge on any atom is 0.148 e. The predicted octanol–water partition coefficient (Wildman–Crippen LogP) is -0.594. The van der Waals surface area contributed by atoms with Crippen molar-refractivity contribution in [2.75, 3.05) is 50.3 Å². The zero-order valence-corrected chi connectivity index (χ0v) is 11.5. The van der Waals surface area contributed by atoms with Gasteiger partial charge < -0.3 is 10.1 Å². The molecule has 0 radical (unpaired) electrons. The molecule has 1 N–H and O–H groups in total. The standard InChI is InChI=1S/C9H21NO4S2/c1-14-6-5-10-4-3-7-15(11)8-9-16(2,12)13/h10H,3-9H2,1-2H3. The van der Waals surface area contributed by atoms with Gasteiger partial charge in [-0.3, -0.25) is 4.21 Å². The molecule has 16 heavy (non-hydrogen) atoms. The molecule has 1 unspecified atom stereocenters. The van der Waals surface area contributed by atoms with Crippen LogP contribution in [0, 0.1) is 0 Å². The van der Waals surface area contributed by atoms with Gasteiger partial charge in [0.25, 0.3) is 0 Å². The van der Waals surface area contributed by atoms with Crippen molar-refractivity contribution in [2.24, 2.45) is 0 Å². The minimum absolute atomic E-state index is 0.0106. The predicted molar refractivity (Wildman–Crippen MR) is 66.9 cm³/mol. The smallest absolute Gasteiger partial charge is 0.148 e. The summed E-state index contributed by atoms with van der Waals surface area (Å²) in [6.07, 6.45) is 1.95. The van der Waals surface area contributed by atoms with Crippen molar-refractivity contribution in [3.63, 3.8) is 0 Å². The zero-order chi connectivity index (χ0) is 12.4. The molecule has 0 saturated carbocycles. The fourth-order valence-corrected chi connectivity index (χ4v) is 3.63. The fourth-order valence-electron chi connectivity index (χ4n) is 1.00. The number of methoxy groups -OCH3 is 1. The average Bonchev–Trinajstić information content (AvgIpc) is 2.19. The van der Waals surface area contributed by atoms with Gasteiger partial charge in [-0.1, -0.05) is 0 Å². The largest absolute Gasteiger partial charge is 0.383 e. The Labute approximate surface area is 100 Å². The normalized spacial score (nSPS) is 13.9. The van der Waals surface area contributed by atoms with E-state index in [0.717, 1.165) is 25.8 Å². The van der Waals surface area contributed by atoms with Crippen molar-refractivity contribution in [1.29, 1.82) is 0 Å².